The molecule has 5 heteroatoms. The zero-order valence-corrected chi connectivity index (χ0v) is 15.8. The van der Waals surface area contributed by atoms with Crippen LogP contribution in [-0.2, 0) is 4.79 Å². The van der Waals surface area contributed by atoms with Crippen molar-refractivity contribution in [2.24, 2.45) is 17.8 Å². The molecule has 0 unspecified atom stereocenters. The molecule has 5 rings (SSSR count). The van der Waals surface area contributed by atoms with Crippen LogP contribution in [0.15, 0.2) is 11.1 Å². The molecule has 4 saturated carbocycles. The van der Waals surface area contributed by atoms with Gasteiger partial charge in [-0.05, 0) is 81.8 Å². The Bertz CT molecular complexity index is 717. The molecule has 4 bridgehead atoms. The zero-order chi connectivity index (χ0) is 17.6. The van der Waals surface area contributed by atoms with E-state index in [-0.39, 0.29) is 11.4 Å². The van der Waals surface area contributed by atoms with Gasteiger partial charge in [0.05, 0.1) is 11.3 Å². The Morgan fingerprint density at radius 2 is 1.88 bits per heavy atom. The molecule has 0 aromatic carbocycles. The highest BCUT2D eigenvalue weighted by atomic mass is 32.2. The number of aryl methyl sites for hydroxylation is 2. The molecule has 0 aliphatic heterocycles. The second kappa shape index (κ2) is 6.32. The third-order valence-corrected chi connectivity index (χ3v) is 7.18. The summed E-state index contributed by atoms with van der Waals surface area (Å²) in [5.41, 5.74) is 2.47. The number of rotatable bonds is 4. The largest absolute Gasteiger partial charge is 0.350 e. The van der Waals surface area contributed by atoms with Crippen molar-refractivity contribution in [3.05, 3.63) is 22.9 Å². The van der Waals surface area contributed by atoms with Crippen LogP contribution in [0, 0.1) is 42.9 Å². The fraction of sp³-hybridized carbons (Fsp3) is 0.650. The highest BCUT2D eigenvalue weighted by Gasteiger charge is 2.51. The van der Waals surface area contributed by atoms with Gasteiger partial charge in [-0.1, -0.05) is 11.8 Å². The van der Waals surface area contributed by atoms with E-state index in [2.05, 4.69) is 16.4 Å². The highest BCUT2D eigenvalue weighted by Crippen LogP contribution is 2.55. The van der Waals surface area contributed by atoms with Crippen molar-refractivity contribution in [3.8, 4) is 6.07 Å². The molecule has 0 radical (unpaired) electrons. The predicted octanol–water partition coefficient (Wildman–Crippen LogP) is 3.75. The molecule has 1 aromatic heterocycles. The molecule has 1 amide bonds. The van der Waals surface area contributed by atoms with E-state index in [0.717, 1.165) is 29.0 Å². The maximum atomic E-state index is 12.6. The van der Waals surface area contributed by atoms with E-state index >= 15 is 0 Å². The van der Waals surface area contributed by atoms with Crippen molar-refractivity contribution in [1.29, 1.82) is 5.26 Å². The minimum Gasteiger partial charge on any atom is -0.350 e. The third kappa shape index (κ3) is 3.29. The Morgan fingerprint density at radius 1 is 1.28 bits per heavy atom. The van der Waals surface area contributed by atoms with Gasteiger partial charge in [0.2, 0.25) is 5.91 Å². The summed E-state index contributed by atoms with van der Waals surface area (Å²) < 4.78 is 0. The zero-order valence-electron chi connectivity index (χ0n) is 15.0. The van der Waals surface area contributed by atoms with Crippen LogP contribution in [-0.4, -0.2) is 22.2 Å². The quantitative estimate of drug-likeness (QED) is 0.836. The Hall–Kier alpha value is -1.54. The smallest absolute Gasteiger partial charge is 0.230 e. The summed E-state index contributed by atoms with van der Waals surface area (Å²) in [5.74, 6) is 2.91. The monoisotopic (exact) mass is 355 g/mol. The highest BCUT2D eigenvalue weighted by molar-refractivity contribution is 8.00. The van der Waals surface area contributed by atoms with Gasteiger partial charge < -0.3 is 5.32 Å². The van der Waals surface area contributed by atoms with Gasteiger partial charge in [0.1, 0.15) is 11.1 Å². The maximum Gasteiger partial charge on any atom is 0.230 e. The Balaban J connectivity index is 1.42. The molecule has 132 valence electrons. The molecule has 0 spiro atoms. The lowest BCUT2D eigenvalue weighted by Crippen LogP contribution is -2.60. The first-order chi connectivity index (χ1) is 12.0. The Morgan fingerprint density at radius 3 is 2.44 bits per heavy atom. The van der Waals surface area contributed by atoms with E-state index in [1.807, 2.05) is 19.9 Å². The minimum absolute atomic E-state index is 0.0560. The van der Waals surface area contributed by atoms with Crippen LogP contribution >= 0.6 is 11.8 Å². The summed E-state index contributed by atoms with van der Waals surface area (Å²) in [6, 6.07) is 4.14. The van der Waals surface area contributed by atoms with Crippen molar-refractivity contribution >= 4 is 17.7 Å². The number of hydrogen-bond donors (Lipinski definition) is 1. The second-order valence-corrected chi connectivity index (χ2v) is 9.37. The van der Waals surface area contributed by atoms with Crippen LogP contribution in [0.5, 0.6) is 0 Å². The van der Waals surface area contributed by atoms with Crippen LogP contribution in [0.3, 0.4) is 0 Å². The number of nitrogens with zero attached hydrogens (tertiary/aromatic N) is 2. The van der Waals surface area contributed by atoms with Crippen LogP contribution in [0.1, 0.15) is 55.3 Å². The van der Waals surface area contributed by atoms with Gasteiger partial charge in [0, 0.05) is 11.2 Å². The molecular weight excluding hydrogens is 330 g/mol. The van der Waals surface area contributed by atoms with Gasteiger partial charge in [-0.15, -0.1) is 0 Å². The molecular formula is C20H25N3OS. The minimum atomic E-state index is 0.0560. The average Bonchev–Trinajstić information content (AvgIpc) is 2.50. The Labute approximate surface area is 153 Å². The molecule has 0 saturated heterocycles. The van der Waals surface area contributed by atoms with Crippen LogP contribution in [0.25, 0.3) is 0 Å². The summed E-state index contributed by atoms with van der Waals surface area (Å²) in [5, 5.41) is 13.4. The van der Waals surface area contributed by atoms with E-state index in [9.17, 15) is 10.1 Å². The van der Waals surface area contributed by atoms with Crippen molar-refractivity contribution in [2.45, 2.75) is 62.9 Å². The molecule has 4 aliphatic carbocycles. The van der Waals surface area contributed by atoms with E-state index in [4.69, 9.17) is 0 Å². The number of amides is 1. The van der Waals surface area contributed by atoms with Gasteiger partial charge >= 0.3 is 0 Å². The molecule has 1 N–H and O–H groups in total. The molecule has 4 nitrogen and oxygen atoms in total. The number of hydrogen-bond acceptors (Lipinski definition) is 4. The lowest BCUT2D eigenvalue weighted by atomic mass is 9.53. The lowest BCUT2D eigenvalue weighted by Gasteiger charge is -2.56. The molecule has 25 heavy (non-hydrogen) atoms. The van der Waals surface area contributed by atoms with Gasteiger partial charge in [0.15, 0.2) is 0 Å². The fourth-order valence-electron chi connectivity index (χ4n) is 5.77. The summed E-state index contributed by atoms with van der Waals surface area (Å²) in [6.07, 6.45) is 7.63. The number of aromatic nitrogens is 1. The summed E-state index contributed by atoms with van der Waals surface area (Å²) in [4.78, 5) is 17.1. The lowest BCUT2D eigenvalue weighted by molar-refractivity contribution is -0.124. The first kappa shape index (κ1) is 16.9. The van der Waals surface area contributed by atoms with Crippen molar-refractivity contribution < 1.29 is 4.79 Å². The van der Waals surface area contributed by atoms with Crippen LogP contribution in [0.2, 0.25) is 0 Å². The SMILES string of the molecule is Cc1cc(C)c(C#N)c(SCC(=O)NC23CC4CC(CC(C4)C2)C3)n1. The maximum absolute atomic E-state index is 12.6. The van der Waals surface area contributed by atoms with Crippen LogP contribution in [0.4, 0.5) is 0 Å². The number of pyridine rings is 1. The fourth-order valence-corrected chi connectivity index (χ4v) is 6.67. The van der Waals surface area contributed by atoms with Crippen molar-refractivity contribution in [3.63, 3.8) is 0 Å². The third-order valence-electron chi connectivity index (χ3n) is 6.21. The number of carbonyl (C=O) groups is 1. The summed E-state index contributed by atoms with van der Waals surface area (Å²) >= 11 is 1.39. The van der Waals surface area contributed by atoms with Gasteiger partial charge in [-0.3, -0.25) is 4.79 Å². The number of thioether (sulfide) groups is 1. The predicted molar refractivity (Wildman–Crippen MR) is 98.2 cm³/mol. The standard InChI is InChI=1S/C20H25N3OS/c1-12-3-13(2)22-19(17(12)10-21)25-11-18(24)23-20-7-14-4-15(8-20)6-16(5-14)9-20/h3,14-16H,4-9,11H2,1-2H3,(H,23,24). The second-order valence-electron chi connectivity index (χ2n) is 8.41. The van der Waals surface area contributed by atoms with E-state index in [1.165, 1.54) is 50.3 Å². The van der Waals surface area contributed by atoms with E-state index in [0.29, 0.717) is 16.3 Å². The average molecular weight is 356 g/mol. The van der Waals surface area contributed by atoms with Gasteiger partial charge in [0.25, 0.3) is 0 Å². The molecule has 1 aromatic rings. The van der Waals surface area contributed by atoms with Crippen LogP contribution < -0.4 is 5.32 Å². The normalized spacial score (nSPS) is 32.4. The topological polar surface area (TPSA) is 65.8 Å². The van der Waals surface area contributed by atoms with E-state index in [1.54, 1.807) is 0 Å². The Kier molecular flexibility index (Phi) is 4.27. The van der Waals surface area contributed by atoms with E-state index < -0.39 is 0 Å². The van der Waals surface area contributed by atoms with Gasteiger partial charge in [-0.2, -0.15) is 5.26 Å². The molecule has 4 aliphatic rings. The van der Waals surface area contributed by atoms with Crippen molar-refractivity contribution in [1.82, 2.24) is 10.3 Å². The number of nitrogens with one attached hydrogen (secondary N) is 1. The molecule has 4 fully saturated rings. The number of carbonyl (C=O) groups excluding carboxylic acids is 1. The first-order valence-electron chi connectivity index (χ1n) is 9.28. The summed E-state index contributed by atoms with van der Waals surface area (Å²) in [6.45, 7) is 3.85. The van der Waals surface area contributed by atoms with Gasteiger partial charge in [-0.25, -0.2) is 4.98 Å². The first-order valence-corrected chi connectivity index (χ1v) is 10.3. The van der Waals surface area contributed by atoms with Crippen molar-refractivity contribution in [2.75, 3.05) is 5.75 Å². The summed E-state index contributed by atoms with van der Waals surface area (Å²) in [7, 11) is 0. The number of nitriles is 1. The molecule has 1 heterocycles. The molecule has 0 atom stereocenters.